The Morgan fingerprint density at radius 3 is 2.22 bits per heavy atom. The van der Waals surface area contributed by atoms with E-state index in [1.165, 1.54) is 0 Å². The Balaban J connectivity index is 1.76. The lowest BCUT2D eigenvalue weighted by Crippen LogP contribution is -2.38. The molecule has 1 heterocycles. The van der Waals surface area contributed by atoms with Crippen molar-refractivity contribution in [2.45, 2.75) is 25.8 Å². The van der Waals surface area contributed by atoms with Gasteiger partial charge in [-0.25, -0.2) is 4.68 Å². The molecule has 27 heavy (non-hydrogen) atoms. The second-order valence-corrected chi connectivity index (χ2v) is 6.33. The third kappa shape index (κ3) is 4.73. The van der Waals surface area contributed by atoms with Gasteiger partial charge < -0.3 is 5.32 Å². The van der Waals surface area contributed by atoms with Gasteiger partial charge >= 0.3 is 0 Å². The minimum Gasteiger partial charge on any atom is -0.302 e. The molecule has 1 aromatic heterocycles. The predicted octanol–water partition coefficient (Wildman–Crippen LogP) is 2.73. The van der Waals surface area contributed by atoms with Crippen LogP contribution in [0.2, 0.25) is 0 Å². The first kappa shape index (κ1) is 18.7. The van der Waals surface area contributed by atoms with Crippen molar-refractivity contribution in [1.29, 1.82) is 0 Å². The van der Waals surface area contributed by atoms with Crippen LogP contribution in [0.3, 0.4) is 0 Å². The van der Waals surface area contributed by atoms with E-state index in [1.807, 2.05) is 67.6 Å². The van der Waals surface area contributed by atoms with E-state index in [9.17, 15) is 4.79 Å². The summed E-state index contributed by atoms with van der Waals surface area (Å²) in [6.07, 6.45) is 0.878. The van der Waals surface area contributed by atoms with Crippen LogP contribution in [0.5, 0.6) is 0 Å². The van der Waals surface area contributed by atoms with Gasteiger partial charge in [-0.2, -0.15) is 0 Å². The Kier molecular flexibility index (Phi) is 6.22. The van der Waals surface area contributed by atoms with Crippen molar-refractivity contribution in [3.63, 3.8) is 0 Å². The molecule has 0 unspecified atom stereocenters. The zero-order valence-electron chi connectivity index (χ0n) is 14.9. The summed E-state index contributed by atoms with van der Waals surface area (Å²) in [6, 6.07) is 19.2. The average molecular weight is 380 g/mol. The quantitative estimate of drug-likeness (QED) is 0.640. The number of aromatic nitrogens is 4. The van der Waals surface area contributed by atoms with Crippen molar-refractivity contribution < 1.29 is 4.79 Å². The molecule has 0 fully saturated rings. The molecule has 1 amide bonds. The molecule has 7 nitrogen and oxygen atoms in total. The van der Waals surface area contributed by atoms with E-state index in [2.05, 4.69) is 26.2 Å². The number of aryl methyl sites for hydroxylation is 1. The molecule has 0 aliphatic heterocycles. The van der Waals surface area contributed by atoms with Crippen LogP contribution in [0.15, 0.2) is 60.7 Å². The number of carbonyl (C=O) groups excluding carboxylic acids is 1. The highest BCUT2D eigenvalue weighted by molar-refractivity contribution is 7.80. The van der Waals surface area contributed by atoms with Gasteiger partial charge in [0.15, 0.2) is 5.11 Å². The van der Waals surface area contributed by atoms with Gasteiger partial charge in [-0.3, -0.25) is 10.1 Å². The minimum absolute atomic E-state index is 0.156. The maximum absolute atomic E-state index is 13.0. The van der Waals surface area contributed by atoms with Crippen LogP contribution in [0.1, 0.15) is 30.4 Å². The maximum atomic E-state index is 13.0. The van der Waals surface area contributed by atoms with E-state index in [0.717, 1.165) is 17.5 Å². The van der Waals surface area contributed by atoms with Crippen LogP contribution in [0.4, 0.5) is 5.95 Å². The number of nitrogens with one attached hydrogen (secondary N) is 2. The fourth-order valence-electron chi connectivity index (χ4n) is 2.76. The zero-order chi connectivity index (χ0) is 19.1. The smallest absolute Gasteiger partial charge is 0.249 e. The van der Waals surface area contributed by atoms with Gasteiger partial charge in [0, 0.05) is 6.54 Å². The summed E-state index contributed by atoms with van der Waals surface area (Å²) in [4.78, 5) is 13.0. The second-order valence-electron chi connectivity index (χ2n) is 5.92. The molecule has 2 aromatic carbocycles. The van der Waals surface area contributed by atoms with Gasteiger partial charge in [0.25, 0.3) is 0 Å². The lowest BCUT2D eigenvalue weighted by molar-refractivity contribution is -0.120. The number of thiocarbonyl (C=S) groups is 1. The highest BCUT2D eigenvalue weighted by atomic mass is 32.1. The van der Waals surface area contributed by atoms with Crippen LogP contribution in [0, 0.1) is 0 Å². The van der Waals surface area contributed by atoms with Crippen LogP contribution < -0.4 is 10.6 Å². The lowest BCUT2D eigenvalue weighted by Gasteiger charge is -2.18. The van der Waals surface area contributed by atoms with Gasteiger partial charge in [-0.15, -0.1) is 0 Å². The van der Waals surface area contributed by atoms with Crippen LogP contribution in [-0.4, -0.2) is 31.2 Å². The Morgan fingerprint density at radius 1 is 1.07 bits per heavy atom. The highest BCUT2D eigenvalue weighted by Gasteiger charge is 2.23. The Labute approximate surface area is 162 Å². The number of benzene rings is 2. The van der Waals surface area contributed by atoms with Crippen molar-refractivity contribution in [2.75, 3.05) is 5.32 Å². The predicted molar refractivity (Wildman–Crippen MR) is 107 cm³/mol. The molecular formula is C19H20N6OS. The van der Waals surface area contributed by atoms with Gasteiger partial charge in [-0.1, -0.05) is 72.7 Å². The number of anilines is 1. The number of carbonyl (C=O) groups is 1. The number of nitrogens with zero attached hydrogens (tertiary/aromatic N) is 4. The van der Waals surface area contributed by atoms with Crippen molar-refractivity contribution in [3.8, 4) is 0 Å². The standard InChI is InChI=1S/C19H20N6OS/c1-2-13-25-18(22-23-24-25)21-19(27)20-17(26)16(14-9-5-3-6-10-14)15-11-7-4-8-12-15/h3-12,16H,2,13H2,1H3,(H2,20,21,22,24,26,27). The number of hydrogen-bond donors (Lipinski definition) is 2. The fourth-order valence-corrected chi connectivity index (χ4v) is 2.95. The molecule has 2 N–H and O–H groups in total. The summed E-state index contributed by atoms with van der Waals surface area (Å²) in [5.41, 5.74) is 1.78. The van der Waals surface area contributed by atoms with E-state index in [-0.39, 0.29) is 11.0 Å². The van der Waals surface area contributed by atoms with Gasteiger partial charge in [0.05, 0.1) is 5.92 Å². The summed E-state index contributed by atoms with van der Waals surface area (Å²) in [5.74, 6) is -0.295. The fraction of sp³-hybridized carbons (Fsp3) is 0.211. The molecule has 3 aromatic rings. The first-order valence-electron chi connectivity index (χ1n) is 8.67. The van der Waals surface area contributed by atoms with Crippen molar-refractivity contribution >= 4 is 29.2 Å². The molecule has 8 heteroatoms. The first-order chi connectivity index (χ1) is 13.2. The lowest BCUT2D eigenvalue weighted by atomic mass is 9.90. The molecule has 0 aliphatic carbocycles. The van der Waals surface area contributed by atoms with E-state index in [0.29, 0.717) is 12.5 Å². The van der Waals surface area contributed by atoms with E-state index in [1.54, 1.807) is 4.68 Å². The molecule has 0 spiro atoms. The SMILES string of the molecule is CCCn1nnnc1NC(=S)NC(=O)C(c1ccccc1)c1ccccc1. The number of hydrogen-bond acceptors (Lipinski definition) is 5. The molecule has 0 atom stereocenters. The Bertz CT molecular complexity index is 857. The van der Waals surface area contributed by atoms with Gasteiger partial charge in [-0.05, 0) is 40.2 Å². The third-order valence-electron chi connectivity index (χ3n) is 3.96. The summed E-state index contributed by atoms with van der Waals surface area (Å²) < 4.78 is 1.60. The molecule has 0 aliphatic rings. The molecular weight excluding hydrogens is 360 g/mol. The highest BCUT2D eigenvalue weighted by Crippen LogP contribution is 2.24. The normalized spacial score (nSPS) is 10.6. The molecule has 138 valence electrons. The molecule has 0 saturated carbocycles. The van der Waals surface area contributed by atoms with Crippen molar-refractivity contribution in [1.82, 2.24) is 25.5 Å². The van der Waals surface area contributed by atoms with Crippen LogP contribution in [-0.2, 0) is 11.3 Å². The monoisotopic (exact) mass is 380 g/mol. The molecule has 0 bridgehead atoms. The first-order valence-corrected chi connectivity index (χ1v) is 9.07. The van der Waals surface area contributed by atoms with Crippen molar-refractivity contribution in [3.05, 3.63) is 71.8 Å². The average Bonchev–Trinajstić information content (AvgIpc) is 3.10. The minimum atomic E-state index is -0.473. The number of rotatable bonds is 6. The molecule has 3 rings (SSSR count). The topological polar surface area (TPSA) is 84.7 Å². The largest absolute Gasteiger partial charge is 0.302 e. The van der Waals surface area contributed by atoms with Gasteiger partial charge in [0.2, 0.25) is 11.9 Å². The second kappa shape index (κ2) is 9.00. The zero-order valence-corrected chi connectivity index (χ0v) is 15.7. The number of tetrazole rings is 1. The van der Waals surface area contributed by atoms with E-state index >= 15 is 0 Å². The number of amides is 1. The summed E-state index contributed by atoms with van der Waals surface area (Å²) in [5, 5.41) is 17.2. The summed E-state index contributed by atoms with van der Waals surface area (Å²) in [7, 11) is 0. The maximum Gasteiger partial charge on any atom is 0.249 e. The van der Waals surface area contributed by atoms with Crippen LogP contribution in [0.25, 0.3) is 0 Å². The van der Waals surface area contributed by atoms with E-state index < -0.39 is 5.92 Å². The van der Waals surface area contributed by atoms with Crippen molar-refractivity contribution in [2.24, 2.45) is 0 Å². The Hall–Kier alpha value is -3.13. The summed E-state index contributed by atoms with van der Waals surface area (Å²) >= 11 is 5.29. The third-order valence-corrected chi connectivity index (χ3v) is 4.16. The Morgan fingerprint density at radius 2 is 1.67 bits per heavy atom. The van der Waals surface area contributed by atoms with Gasteiger partial charge in [0.1, 0.15) is 0 Å². The van der Waals surface area contributed by atoms with Crippen LogP contribution >= 0.6 is 12.2 Å². The molecule has 0 radical (unpaired) electrons. The van der Waals surface area contributed by atoms with E-state index in [4.69, 9.17) is 12.2 Å². The molecule has 0 saturated heterocycles. The summed E-state index contributed by atoms with van der Waals surface area (Å²) in [6.45, 7) is 2.68.